The molecule has 0 N–H and O–H groups in total. The van der Waals surface area contributed by atoms with Crippen molar-refractivity contribution >= 4 is 5.65 Å². The first kappa shape index (κ1) is 9.71. The zero-order chi connectivity index (χ0) is 9.84. The minimum Gasteiger partial charge on any atom is -0.236 e. The zero-order valence-electron chi connectivity index (χ0n) is 8.57. The van der Waals surface area contributed by atoms with E-state index in [0.717, 1.165) is 11.3 Å². The van der Waals surface area contributed by atoms with E-state index in [9.17, 15) is 0 Å². The largest absolute Gasteiger partial charge is 0.236 e. The topological polar surface area (TPSA) is 30.2 Å². The van der Waals surface area contributed by atoms with Gasteiger partial charge in [-0.1, -0.05) is 13.8 Å². The lowest BCUT2D eigenvalue weighted by molar-refractivity contribution is 0.889. The van der Waals surface area contributed by atoms with Crippen LogP contribution in [-0.2, 0) is 0 Å². The highest BCUT2D eigenvalue weighted by atomic mass is 15.2. The molecule has 0 radical (unpaired) electrons. The molecule has 0 aliphatic carbocycles. The van der Waals surface area contributed by atoms with E-state index in [-0.39, 0.29) is 0 Å². The van der Waals surface area contributed by atoms with Crippen LogP contribution >= 0.6 is 0 Å². The van der Waals surface area contributed by atoms with Gasteiger partial charge in [-0.3, -0.25) is 0 Å². The highest BCUT2D eigenvalue weighted by Crippen LogP contribution is 2.05. The zero-order valence-corrected chi connectivity index (χ0v) is 8.57. The average Bonchev–Trinajstić information content (AvgIpc) is 2.56. The van der Waals surface area contributed by atoms with Crippen LogP contribution in [0.2, 0.25) is 0 Å². The predicted octanol–water partition coefficient (Wildman–Crippen LogP) is 2.37. The number of aryl methyl sites for hydroxylation is 2. The maximum absolute atomic E-state index is 4.29. The quantitative estimate of drug-likeness (QED) is 0.618. The highest BCUT2D eigenvalue weighted by molar-refractivity contribution is 5.40. The van der Waals surface area contributed by atoms with Gasteiger partial charge in [0.15, 0.2) is 5.65 Å². The minimum atomic E-state index is 0.910. The fraction of sp³-hybridized carbons (Fsp3) is 0.400. The lowest BCUT2D eigenvalue weighted by atomic mass is 10.2. The molecule has 13 heavy (non-hydrogen) atoms. The van der Waals surface area contributed by atoms with Crippen molar-refractivity contribution in [3.8, 4) is 0 Å². The molecule has 0 saturated carbocycles. The van der Waals surface area contributed by atoms with Crippen molar-refractivity contribution in [1.82, 2.24) is 14.6 Å². The molecule has 3 nitrogen and oxygen atoms in total. The molecule has 0 fully saturated rings. The standard InChI is InChI=1S/C8H9N3.C2H6/c1-6-5-8-9-3-4-11(8)10-7(6)2;1-2/h3-5H,1-2H3;1-2H3. The van der Waals surface area contributed by atoms with Gasteiger partial charge in [-0.15, -0.1) is 0 Å². The molecule has 0 spiro atoms. The first-order chi connectivity index (χ1) is 6.27. The van der Waals surface area contributed by atoms with E-state index in [1.165, 1.54) is 5.56 Å². The molecule has 3 heteroatoms. The number of rotatable bonds is 0. The summed E-state index contributed by atoms with van der Waals surface area (Å²) in [6, 6.07) is 2.03. The Morgan fingerprint density at radius 3 is 2.62 bits per heavy atom. The summed E-state index contributed by atoms with van der Waals surface area (Å²) in [5, 5.41) is 4.29. The van der Waals surface area contributed by atoms with Crippen molar-refractivity contribution in [3.05, 3.63) is 29.7 Å². The number of aromatic nitrogens is 3. The SMILES string of the molecule is CC.Cc1cc2nccn2nc1C. The molecule has 0 aromatic carbocycles. The van der Waals surface area contributed by atoms with Crippen LogP contribution in [-0.4, -0.2) is 14.6 Å². The van der Waals surface area contributed by atoms with Gasteiger partial charge in [-0.05, 0) is 25.5 Å². The Morgan fingerprint density at radius 2 is 1.92 bits per heavy atom. The predicted molar refractivity (Wildman–Crippen MR) is 53.8 cm³/mol. The first-order valence-corrected chi connectivity index (χ1v) is 4.55. The minimum absolute atomic E-state index is 0.910. The van der Waals surface area contributed by atoms with E-state index in [1.54, 1.807) is 10.7 Å². The molecule has 0 bridgehead atoms. The normalized spacial score (nSPS) is 9.54. The molecule has 0 saturated heterocycles. The van der Waals surface area contributed by atoms with Gasteiger partial charge in [0.2, 0.25) is 0 Å². The highest BCUT2D eigenvalue weighted by Gasteiger charge is 1.97. The Bertz CT molecular complexity index is 354. The summed E-state index contributed by atoms with van der Waals surface area (Å²) < 4.78 is 1.78. The van der Waals surface area contributed by atoms with Crippen LogP contribution < -0.4 is 0 Å². The second-order valence-electron chi connectivity index (χ2n) is 2.64. The maximum Gasteiger partial charge on any atom is 0.153 e. The van der Waals surface area contributed by atoms with Gasteiger partial charge in [0.05, 0.1) is 5.69 Å². The smallest absolute Gasteiger partial charge is 0.153 e. The van der Waals surface area contributed by atoms with Crippen LogP contribution in [0.15, 0.2) is 18.5 Å². The van der Waals surface area contributed by atoms with Gasteiger partial charge in [-0.25, -0.2) is 9.50 Å². The molecule has 0 unspecified atom stereocenters. The average molecular weight is 177 g/mol. The molecule has 0 aliphatic heterocycles. The molecule has 2 heterocycles. The Hall–Kier alpha value is -1.38. The van der Waals surface area contributed by atoms with Crippen molar-refractivity contribution in [1.29, 1.82) is 0 Å². The van der Waals surface area contributed by atoms with Crippen molar-refractivity contribution in [2.24, 2.45) is 0 Å². The van der Waals surface area contributed by atoms with Crippen molar-refractivity contribution < 1.29 is 0 Å². The molecular weight excluding hydrogens is 162 g/mol. The summed E-state index contributed by atoms with van der Waals surface area (Å²) >= 11 is 0. The third-order valence-corrected chi connectivity index (χ3v) is 1.82. The number of fused-ring (bicyclic) bond motifs is 1. The second kappa shape index (κ2) is 4.03. The molecular formula is C10H15N3. The lowest BCUT2D eigenvalue weighted by Gasteiger charge is -1.98. The molecule has 2 rings (SSSR count). The van der Waals surface area contributed by atoms with Gasteiger partial charge >= 0.3 is 0 Å². The van der Waals surface area contributed by atoms with Crippen LogP contribution in [0.1, 0.15) is 25.1 Å². The fourth-order valence-electron chi connectivity index (χ4n) is 1.03. The molecule has 2 aromatic heterocycles. The first-order valence-electron chi connectivity index (χ1n) is 4.55. The van der Waals surface area contributed by atoms with Gasteiger partial charge in [0.1, 0.15) is 0 Å². The van der Waals surface area contributed by atoms with Gasteiger partial charge in [0, 0.05) is 12.4 Å². The van der Waals surface area contributed by atoms with Crippen LogP contribution in [0.25, 0.3) is 5.65 Å². The van der Waals surface area contributed by atoms with E-state index in [4.69, 9.17) is 0 Å². The summed E-state index contributed by atoms with van der Waals surface area (Å²) in [6.45, 7) is 8.03. The van der Waals surface area contributed by atoms with Crippen molar-refractivity contribution in [2.45, 2.75) is 27.7 Å². The van der Waals surface area contributed by atoms with Crippen molar-refractivity contribution in [3.63, 3.8) is 0 Å². The van der Waals surface area contributed by atoms with E-state index in [0.29, 0.717) is 0 Å². The van der Waals surface area contributed by atoms with Crippen LogP contribution in [0.5, 0.6) is 0 Å². The molecule has 0 atom stereocenters. The maximum atomic E-state index is 4.29. The lowest BCUT2D eigenvalue weighted by Crippen LogP contribution is -1.95. The summed E-state index contributed by atoms with van der Waals surface area (Å²) in [6.07, 6.45) is 3.60. The molecule has 0 aliphatic rings. The number of hydrogen-bond acceptors (Lipinski definition) is 2. The second-order valence-corrected chi connectivity index (χ2v) is 2.64. The monoisotopic (exact) mass is 177 g/mol. The summed E-state index contributed by atoms with van der Waals surface area (Å²) in [5.74, 6) is 0. The third-order valence-electron chi connectivity index (χ3n) is 1.82. The van der Waals surface area contributed by atoms with E-state index >= 15 is 0 Å². The van der Waals surface area contributed by atoms with Crippen LogP contribution in [0.4, 0.5) is 0 Å². The number of nitrogens with zero attached hydrogens (tertiary/aromatic N) is 3. The van der Waals surface area contributed by atoms with E-state index in [1.807, 2.05) is 40.0 Å². The van der Waals surface area contributed by atoms with E-state index in [2.05, 4.69) is 10.1 Å². The van der Waals surface area contributed by atoms with Gasteiger partial charge in [0.25, 0.3) is 0 Å². The van der Waals surface area contributed by atoms with Gasteiger partial charge < -0.3 is 0 Å². The van der Waals surface area contributed by atoms with Crippen LogP contribution in [0.3, 0.4) is 0 Å². The van der Waals surface area contributed by atoms with Crippen LogP contribution in [0, 0.1) is 13.8 Å². The number of imidazole rings is 1. The summed E-state index contributed by atoms with van der Waals surface area (Å²) in [5.41, 5.74) is 3.15. The fourth-order valence-corrected chi connectivity index (χ4v) is 1.03. The molecule has 2 aromatic rings. The Balaban J connectivity index is 0.000000396. The Labute approximate surface area is 78.4 Å². The Kier molecular flexibility index (Phi) is 3.01. The van der Waals surface area contributed by atoms with Crippen molar-refractivity contribution in [2.75, 3.05) is 0 Å². The summed E-state index contributed by atoms with van der Waals surface area (Å²) in [7, 11) is 0. The van der Waals surface area contributed by atoms with E-state index < -0.39 is 0 Å². The summed E-state index contributed by atoms with van der Waals surface area (Å²) in [4.78, 5) is 4.12. The van der Waals surface area contributed by atoms with Gasteiger partial charge in [-0.2, -0.15) is 5.10 Å². The third kappa shape index (κ3) is 1.86. The number of hydrogen-bond donors (Lipinski definition) is 0. The Morgan fingerprint density at radius 1 is 1.23 bits per heavy atom. The molecule has 0 amide bonds. The molecule has 70 valence electrons.